The molecule has 0 heterocycles. The van der Waals surface area contributed by atoms with Crippen LogP contribution in [0.2, 0.25) is 0 Å². The van der Waals surface area contributed by atoms with Crippen molar-refractivity contribution in [2.75, 3.05) is 12.3 Å². The highest BCUT2D eigenvalue weighted by molar-refractivity contribution is 7.99. The van der Waals surface area contributed by atoms with Crippen molar-refractivity contribution in [1.29, 1.82) is 0 Å². The molecule has 2 fully saturated rings. The van der Waals surface area contributed by atoms with E-state index in [2.05, 4.69) is 12.2 Å². The van der Waals surface area contributed by atoms with Crippen molar-refractivity contribution in [3.63, 3.8) is 0 Å². The summed E-state index contributed by atoms with van der Waals surface area (Å²) in [6, 6.07) is 0.140. The maximum atomic E-state index is 12.2. The minimum atomic E-state index is -0.937. The number of hydrogen-bond acceptors (Lipinski definition) is 3. The summed E-state index contributed by atoms with van der Waals surface area (Å²) in [6.07, 6.45) is 5.16. The van der Waals surface area contributed by atoms with E-state index >= 15 is 0 Å². The second-order valence-corrected chi connectivity index (χ2v) is 6.75. The summed E-state index contributed by atoms with van der Waals surface area (Å²) < 4.78 is 0. The Morgan fingerprint density at radius 3 is 2.63 bits per heavy atom. The van der Waals surface area contributed by atoms with Crippen molar-refractivity contribution in [2.24, 2.45) is 0 Å². The lowest BCUT2D eigenvalue weighted by Crippen LogP contribution is -2.49. The molecule has 0 saturated heterocycles. The van der Waals surface area contributed by atoms with Crippen molar-refractivity contribution in [2.45, 2.75) is 56.4 Å². The fraction of sp³-hybridized carbons (Fsp3) is 0.846. The quantitative estimate of drug-likeness (QED) is 0.782. The number of nitrogens with zero attached hydrogens (tertiary/aromatic N) is 1. The van der Waals surface area contributed by atoms with E-state index in [1.165, 1.54) is 4.90 Å². The number of hydrogen-bond donors (Lipinski definition) is 2. The zero-order valence-electron chi connectivity index (χ0n) is 11.3. The Morgan fingerprint density at radius 1 is 1.32 bits per heavy atom. The molecule has 0 aromatic rings. The first-order valence-electron chi connectivity index (χ1n) is 7.02. The van der Waals surface area contributed by atoms with Gasteiger partial charge in [-0.25, -0.2) is 4.79 Å². The maximum Gasteiger partial charge on any atom is 0.323 e. The maximum absolute atomic E-state index is 12.2. The fourth-order valence-corrected chi connectivity index (χ4v) is 3.84. The number of amides is 2. The number of carbonyl (C=O) groups is 2. The molecule has 0 bridgehead atoms. The third-order valence-corrected chi connectivity index (χ3v) is 5.02. The second kappa shape index (κ2) is 6.50. The molecule has 0 aliphatic heterocycles. The molecule has 2 unspecified atom stereocenters. The van der Waals surface area contributed by atoms with Crippen LogP contribution in [-0.2, 0) is 4.79 Å². The minimum Gasteiger partial charge on any atom is -0.480 e. The summed E-state index contributed by atoms with van der Waals surface area (Å²) >= 11 is 1.89. The Kier molecular flexibility index (Phi) is 4.96. The van der Waals surface area contributed by atoms with E-state index in [0.717, 1.165) is 37.9 Å². The molecule has 5 nitrogen and oxygen atoms in total. The molecule has 2 amide bonds. The third kappa shape index (κ3) is 4.03. The molecule has 2 aliphatic rings. The topological polar surface area (TPSA) is 69.6 Å². The molecule has 6 heteroatoms. The lowest BCUT2D eigenvalue weighted by Gasteiger charge is -2.26. The van der Waals surface area contributed by atoms with Crippen LogP contribution in [0.15, 0.2) is 0 Å². The van der Waals surface area contributed by atoms with Gasteiger partial charge in [-0.3, -0.25) is 4.79 Å². The summed E-state index contributed by atoms with van der Waals surface area (Å²) in [5.41, 5.74) is 0. The van der Waals surface area contributed by atoms with Crippen LogP contribution in [0.4, 0.5) is 4.79 Å². The van der Waals surface area contributed by atoms with E-state index in [1.807, 2.05) is 11.8 Å². The minimum absolute atomic E-state index is 0.134. The molecule has 2 N–H and O–H groups in total. The van der Waals surface area contributed by atoms with Gasteiger partial charge in [0, 0.05) is 17.3 Å². The van der Waals surface area contributed by atoms with Gasteiger partial charge in [-0.1, -0.05) is 13.3 Å². The largest absolute Gasteiger partial charge is 0.480 e. The number of thioether (sulfide) groups is 1. The van der Waals surface area contributed by atoms with Crippen LogP contribution in [0.3, 0.4) is 0 Å². The molecule has 0 aromatic heterocycles. The van der Waals surface area contributed by atoms with Crippen LogP contribution in [0, 0.1) is 0 Å². The molecule has 108 valence electrons. The van der Waals surface area contributed by atoms with Gasteiger partial charge in [0.2, 0.25) is 0 Å². The van der Waals surface area contributed by atoms with Crippen LogP contribution < -0.4 is 5.32 Å². The Hall–Kier alpha value is -0.910. The van der Waals surface area contributed by atoms with E-state index in [-0.39, 0.29) is 24.7 Å². The Labute approximate surface area is 118 Å². The van der Waals surface area contributed by atoms with Gasteiger partial charge in [0.05, 0.1) is 0 Å². The normalized spacial score (nSPS) is 26.2. The number of carboxylic acid groups (broad SMARTS) is 1. The molecule has 2 aliphatic carbocycles. The molecule has 19 heavy (non-hydrogen) atoms. The standard InChI is InChI=1S/C13H22N2O3S/c1-2-19-11-5-3-4-10(11)14-13(18)15(8-12(16)17)9-6-7-9/h9-11H,2-8H2,1H3,(H,14,18)(H,16,17). The van der Waals surface area contributed by atoms with Crippen LogP contribution in [0.5, 0.6) is 0 Å². The Bertz CT molecular complexity index is 347. The first-order valence-corrected chi connectivity index (χ1v) is 8.07. The molecule has 0 spiro atoms. The summed E-state index contributed by atoms with van der Waals surface area (Å²) in [5.74, 6) is 0.117. The van der Waals surface area contributed by atoms with Gasteiger partial charge in [0.25, 0.3) is 0 Å². The molecular formula is C13H22N2O3S. The molecule has 2 saturated carbocycles. The first-order chi connectivity index (χ1) is 9.11. The first kappa shape index (κ1) is 14.5. The van der Waals surface area contributed by atoms with Gasteiger partial charge >= 0.3 is 12.0 Å². The molecule has 2 rings (SSSR count). The lowest BCUT2D eigenvalue weighted by atomic mass is 10.2. The highest BCUT2D eigenvalue weighted by atomic mass is 32.2. The molecule has 2 atom stereocenters. The van der Waals surface area contributed by atoms with Gasteiger partial charge in [-0.05, 0) is 31.4 Å². The Balaban J connectivity index is 1.89. The van der Waals surface area contributed by atoms with E-state index < -0.39 is 5.97 Å². The van der Waals surface area contributed by atoms with Crippen molar-refractivity contribution in [3.05, 3.63) is 0 Å². The number of aliphatic carboxylic acids is 1. The molecule has 0 radical (unpaired) electrons. The zero-order chi connectivity index (χ0) is 13.8. The molecular weight excluding hydrogens is 264 g/mol. The monoisotopic (exact) mass is 286 g/mol. The SMILES string of the molecule is CCSC1CCCC1NC(=O)N(CC(=O)O)C1CC1. The van der Waals surface area contributed by atoms with Crippen LogP contribution >= 0.6 is 11.8 Å². The summed E-state index contributed by atoms with van der Waals surface area (Å²) in [5, 5.41) is 12.4. The van der Waals surface area contributed by atoms with Crippen molar-refractivity contribution >= 4 is 23.8 Å². The van der Waals surface area contributed by atoms with Gasteiger partial charge in [-0.15, -0.1) is 0 Å². The second-order valence-electron chi connectivity index (χ2n) is 5.23. The predicted octanol–water partition coefficient (Wildman–Crippen LogP) is 1.92. The lowest BCUT2D eigenvalue weighted by molar-refractivity contribution is -0.137. The van der Waals surface area contributed by atoms with Gasteiger partial charge in [0.15, 0.2) is 0 Å². The van der Waals surface area contributed by atoms with Crippen LogP contribution in [0.1, 0.15) is 39.0 Å². The average molecular weight is 286 g/mol. The smallest absolute Gasteiger partial charge is 0.323 e. The van der Waals surface area contributed by atoms with Crippen molar-refractivity contribution < 1.29 is 14.7 Å². The third-order valence-electron chi connectivity index (χ3n) is 3.70. The number of carbonyl (C=O) groups excluding carboxylic acids is 1. The Morgan fingerprint density at radius 2 is 2.05 bits per heavy atom. The van der Waals surface area contributed by atoms with Gasteiger partial charge in [-0.2, -0.15) is 11.8 Å². The van der Waals surface area contributed by atoms with E-state index in [0.29, 0.717) is 5.25 Å². The fourth-order valence-electron chi connectivity index (χ4n) is 2.64. The highest BCUT2D eigenvalue weighted by Gasteiger charge is 2.36. The summed E-state index contributed by atoms with van der Waals surface area (Å²) in [4.78, 5) is 24.5. The number of rotatable bonds is 6. The summed E-state index contributed by atoms with van der Waals surface area (Å²) in [6.45, 7) is 1.94. The van der Waals surface area contributed by atoms with E-state index in [4.69, 9.17) is 5.11 Å². The number of nitrogens with one attached hydrogen (secondary N) is 1. The predicted molar refractivity (Wildman–Crippen MR) is 75.5 cm³/mol. The molecule has 0 aromatic carbocycles. The van der Waals surface area contributed by atoms with Crippen molar-refractivity contribution in [3.8, 4) is 0 Å². The van der Waals surface area contributed by atoms with Gasteiger partial charge < -0.3 is 15.3 Å². The van der Waals surface area contributed by atoms with Crippen LogP contribution in [-0.4, -0.2) is 51.6 Å². The van der Waals surface area contributed by atoms with Crippen molar-refractivity contribution in [1.82, 2.24) is 10.2 Å². The van der Waals surface area contributed by atoms with E-state index in [1.54, 1.807) is 0 Å². The van der Waals surface area contributed by atoms with E-state index in [9.17, 15) is 9.59 Å². The highest BCUT2D eigenvalue weighted by Crippen LogP contribution is 2.31. The van der Waals surface area contributed by atoms with Crippen LogP contribution in [0.25, 0.3) is 0 Å². The number of carboxylic acids is 1. The zero-order valence-corrected chi connectivity index (χ0v) is 12.1. The van der Waals surface area contributed by atoms with Gasteiger partial charge in [0.1, 0.15) is 6.54 Å². The number of urea groups is 1. The summed E-state index contributed by atoms with van der Waals surface area (Å²) in [7, 11) is 0. The average Bonchev–Trinajstić information content (AvgIpc) is 3.10.